The lowest BCUT2D eigenvalue weighted by molar-refractivity contribution is 0.0996. The number of hydrogen-bond acceptors (Lipinski definition) is 4. The summed E-state index contributed by atoms with van der Waals surface area (Å²) < 4.78 is 5.06. The molecule has 1 N–H and O–H groups in total. The van der Waals surface area contributed by atoms with Crippen LogP contribution in [0.15, 0.2) is 71.5 Å². The molecule has 5 heteroatoms. The molecule has 0 unspecified atom stereocenters. The van der Waals surface area contributed by atoms with Gasteiger partial charge in [-0.3, -0.25) is 4.79 Å². The second-order valence-electron chi connectivity index (χ2n) is 4.92. The Bertz CT molecular complexity index is 753. The summed E-state index contributed by atoms with van der Waals surface area (Å²) in [6.07, 6.45) is 3.11. The van der Waals surface area contributed by atoms with Crippen LogP contribution in [-0.4, -0.2) is 17.4 Å². The Balaban J connectivity index is 1.75. The van der Waals surface area contributed by atoms with E-state index in [9.17, 15) is 4.79 Å². The zero-order valence-corrected chi connectivity index (χ0v) is 12.8. The monoisotopic (exact) mass is 307 g/mol. The van der Waals surface area contributed by atoms with Gasteiger partial charge in [0.25, 0.3) is 5.91 Å². The van der Waals surface area contributed by atoms with Crippen molar-refractivity contribution in [2.45, 2.75) is 6.92 Å². The van der Waals surface area contributed by atoms with E-state index < -0.39 is 0 Å². The molecule has 0 fully saturated rings. The Labute approximate surface area is 134 Å². The first-order chi connectivity index (χ1) is 11.3. The number of nitrogens with one attached hydrogen (secondary N) is 1. The molecule has 0 aliphatic carbocycles. The highest BCUT2D eigenvalue weighted by Gasteiger charge is 2.11. The van der Waals surface area contributed by atoms with Crippen molar-refractivity contribution in [1.29, 1.82) is 0 Å². The summed E-state index contributed by atoms with van der Waals surface area (Å²) in [5, 5.41) is 2.75. The van der Waals surface area contributed by atoms with E-state index in [-0.39, 0.29) is 11.7 Å². The number of nitrogens with zero attached hydrogens (tertiary/aromatic N) is 2. The van der Waals surface area contributed by atoms with Crippen LogP contribution in [0.4, 0.5) is 17.2 Å². The number of rotatable bonds is 5. The fourth-order valence-corrected chi connectivity index (χ4v) is 2.30. The molecule has 0 aliphatic heterocycles. The molecule has 0 spiro atoms. The van der Waals surface area contributed by atoms with Crippen molar-refractivity contribution in [2.75, 3.05) is 16.8 Å². The van der Waals surface area contributed by atoms with Gasteiger partial charge >= 0.3 is 0 Å². The zero-order chi connectivity index (χ0) is 16.1. The predicted octanol–water partition coefficient (Wildman–Crippen LogP) is 4.08. The molecular weight excluding hydrogens is 290 g/mol. The maximum absolute atomic E-state index is 11.9. The van der Waals surface area contributed by atoms with Crippen LogP contribution in [0.2, 0.25) is 0 Å². The molecule has 0 aliphatic rings. The molecule has 1 amide bonds. The number of aromatic nitrogens is 1. The summed E-state index contributed by atoms with van der Waals surface area (Å²) in [7, 11) is 0. The van der Waals surface area contributed by atoms with Gasteiger partial charge in [-0.25, -0.2) is 4.98 Å². The Morgan fingerprint density at radius 3 is 2.57 bits per heavy atom. The molecular formula is C18H17N3O2. The number of pyridine rings is 1. The van der Waals surface area contributed by atoms with Crippen LogP contribution < -0.4 is 10.2 Å². The molecule has 2 heterocycles. The minimum atomic E-state index is -0.292. The van der Waals surface area contributed by atoms with E-state index in [2.05, 4.69) is 22.1 Å². The topological polar surface area (TPSA) is 58.4 Å². The van der Waals surface area contributed by atoms with Crippen LogP contribution >= 0.6 is 0 Å². The quantitative estimate of drug-likeness (QED) is 0.771. The van der Waals surface area contributed by atoms with Crippen molar-refractivity contribution in [3.8, 4) is 0 Å². The minimum Gasteiger partial charge on any atom is -0.459 e. The van der Waals surface area contributed by atoms with Gasteiger partial charge in [0, 0.05) is 12.2 Å². The number of benzene rings is 1. The van der Waals surface area contributed by atoms with E-state index in [1.54, 1.807) is 18.3 Å². The van der Waals surface area contributed by atoms with E-state index in [0.717, 1.165) is 18.1 Å². The molecule has 3 aromatic rings. The SMILES string of the molecule is CCN(c1ccccc1)c1ccc(NC(=O)c2ccco2)cn1. The molecule has 0 bridgehead atoms. The van der Waals surface area contributed by atoms with Gasteiger partial charge in [0.1, 0.15) is 5.82 Å². The highest BCUT2D eigenvalue weighted by molar-refractivity contribution is 6.02. The number of furan rings is 1. The first-order valence-electron chi connectivity index (χ1n) is 7.41. The van der Waals surface area contributed by atoms with Gasteiger partial charge in [0.2, 0.25) is 0 Å². The second kappa shape index (κ2) is 6.79. The fourth-order valence-electron chi connectivity index (χ4n) is 2.30. The number of para-hydroxylation sites is 1. The molecule has 116 valence electrons. The van der Waals surface area contributed by atoms with Crippen LogP contribution in [0.25, 0.3) is 0 Å². The summed E-state index contributed by atoms with van der Waals surface area (Å²) in [4.78, 5) is 18.5. The van der Waals surface area contributed by atoms with Gasteiger partial charge in [-0.05, 0) is 43.3 Å². The molecule has 0 saturated heterocycles. The lowest BCUT2D eigenvalue weighted by Gasteiger charge is -2.22. The minimum absolute atomic E-state index is 0.272. The van der Waals surface area contributed by atoms with E-state index in [4.69, 9.17) is 4.42 Å². The normalized spacial score (nSPS) is 10.3. The van der Waals surface area contributed by atoms with E-state index >= 15 is 0 Å². The van der Waals surface area contributed by atoms with Crippen LogP contribution in [0.1, 0.15) is 17.5 Å². The van der Waals surface area contributed by atoms with Crippen molar-refractivity contribution < 1.29 is 9.21 Å². The average molecular weight is 307 g/mol. The second-order valence-corrected chi connectivity index (χ2v) is 4.92. The molecule has 0 atom stereocenters. The Hall–Kier alpha value is -3.08. The molecule has 23 heavy (non-hydrogen) atoms. The van der Waals surface area contributed by atoms with Crippen LogP contribution in [-0.2, 0) is 0 Å². The maximum atomic E-state index is 11.9. The van der Waals surface area contributed by atoms with Crippen molar-refractivity contribution in [1.82, 2.24) is 4.98 Å². The molecule has 2 aromatic heterocycles. The number of amides is 1. The van der Waals surface area contributed by atoms with Crippen molar-refractivity contribution in [2.24, 2.45) is 0 Å². The van der Waals surface area contributed by atoms with Gasteiger partial charge in [0.05, 0.1) is 18.1 Å². The Morgan fingerprint density at radius 1 is 1.13 bits per heavy atom. The third kappa shape index (κ3) is 3.40. The molecule has 0 radical (unpaired) electrons. The third-order valence-electron chi connectivity index (χ3n) is 3.41. The van der Waals surface area contributed by atoms with Gasteiger partial charge in [-0.1, -0.05) is 18.2 Å². The first kappa shape index (κ1) is 14.8. The largest absolute Gasteiger partial charge is 0.459 e. The number of carbonyl (C=O) groups excluding carboxylic acids is 1. The average Bonchev–Trinajstić information content (AvgIpc) is 3.13. The summed E-state index contributed by atoms with van der Waals surface area (Å²) >= 11 is 0. The Morgan fingerprint density at radius 2 is 1.96 bits per heavy atom. The summed E-state index contributed by atoms with van der Waals surface area (Å²) in [5.74, 6) is 0.809. The van der Waals surface area contributed by atoms with Gasteiger partial charge in [0.15, 0.2) is 5.76 Å². The van der Waals surface area contributed by atoms with E-state index in [0.29, 0.717) is 5.69 Å². The zero-order valence-electron chi connectivity index (χ0n) is 12.8. The number of hydrogen-bond donors (Lipinski definition) is 1. The van der Waals surface area contributed by atoms with Crippen molar-refractivity contribution >= 4 is 23.1 Å². The van der Waals surface area contributed by atoms with E-state index in [1.165, 1.54) is 6.26 Å². The van der Waals surface area contributed by atoms with Crippen LogP contribution in [0, 0.1) is 0 Å². The molecule has 0 saturated carbocycles. The van der Waals surface area contributed by atoms with Gasteiger partial charge < -0.3 is 14.6 Å². The smallest absolute Gasteiger partial charge is 0.291 e. The van der Waals surface area contributed by atoms with Crippen LogP contribution in [0.3, 0.4) is 0 Å². The van der Waals surface area contributed by atoms with Crippen molar-refractivity contribution in [3.05, 3.63) is 72.8 Å². The lowest BCUT2D eigenvalue weighted by Crippen LogP contribution is -2.17. The van der Waals surface area contributed by atoms with E-state index in [1.807, 2.05) is 42.5 Å². The van der Waals surface area contributed by atoms with Crippen LogP contribution in [0.5, 0.6) is 0 Å². The third-order valence-corrected chi connectivity index (χ3v) is 3.41. The fraction of sp³-hybridized carbons (Fsp3) is 0.111. The maximum Gasteiger partial charge on any atom is 0.291 e. The Kier molecular flexibility index (Phi) is 4.38. The lowest BCUT2D eigenvalue weighted by atomic mass is 10.2. The van der Waals surface area contributed by atoms with Gasteiger partial charge in [-0.15, -0.1) is 0 Å². The summed E-state index contributed by atoms with van der Waals surface area (Å²) in [6, 6.07) is 17.1. The first-order valence-corrected chi connectivity index (χ1v) is 7.41. The number of anilines is 3. The summed E-state index contributed by atoms with van der Waals surface area (Å²) in [5.41, 5.74) is 1.70. The predicted molar refractivity (Wildman–Crippen MR) is 90.0 cm³/mol. The standard InChI is InChI=1S/C18H17N3O2/c1-2-21(15-7-4-3-5-8-15)17-11-10-14(13-19-17)20-18(22)16-9-6-12-23-16/h3-13H,2H2,1H3,(H,20,22). The highest BCUT2D eigenvalue weighted by atomic mass is 16.3. The highest BCUT2D eigenvalue weighted by Crippen LogP contribution is 2.23. The summed E-state index contributed by atoms with van der Waals surface area (Å²) in [6.45, 7) is 2.87. The van der Waals surface area contributed by atoms with Gasteiger partial charge in [-0.2, -0.15) is 0 Å². The molecule has 1 aromatic carbocycles. The molecule has 3 rings (SSSR count). The molecule has 5 nitrogen and oxygen atoms in total. The van der Waals surface area contributed by atoms with Crippen molar-refractivity contribution in [3.63, 3.8) is 0 Å². The number of carbonyl (C=O) groups is 1.